The number of aromatic nitrogens is 5. The summed E-state index contributed by atoms with van der Waals surface area (Å²) in [6.45, 7) is 0.107. The molecule has 5 rings (SSSR count). The van der Waals surface area contributed by atoms with Crippen LogP contribution in [0.3, 0.4) is 0 Å². The molecule has 4 heterocycles. The normalized spacial score (nSPS) is 11.8. The zero-order valence-corrected chi connectivity index (χ0v) is 17.8. The number of benzene rings is 1. The second kappa shape index (κ2) is 8.64. The lowest BCUT2D eigenvalue weighted by Gasteiger charge is -2.13. The van der Waals surface area contributed by atoms with E-state index >= 15 is 0 Å². The number of pyridine rings is 3. The van der Waals surface area contributed by atoms with Gasteiger partial charge in [0.05, 0.1) is 16.6 Å². The van der Waals surface area contributed by atoms with Crippen LogP contribution in [0.15, 0.2) is 67.1 Å². The Labute approximate surface area is 191 Å². The highest BCUT2D eigenvalue weighted by molar-refractivity contribution is 5.92. The van der Waals surface area contributed by atoms with Gasteiger partial charge in [-0.2, -0.15) is 13.2 Å². The minimum atomic E-state index is -4.56. The molecule has 0 saturated carbocycles. The summed E-state index contributed by atoms with van der Waals surface area (Å²) in [5.41, 5.74) is -0.0815. The first-order valence-electron chi connectivity index (χ1n) is 10.2. The van der Waals surface area contributed by atoms with Crippen molar-refractivity contribution in [2.75, 3.05) is 12.4 Å². The van der Waals surface area contributed by atoms with E-state index in [1.807, 2.05) is 24.3 Å². The van der Waals surface area contributed by atoms with Gasteiger partial charge in [0.15, 0.2) is 11.5 Å². The molecule has 10 heteroatoms. The van der Waals surface area contributed by atoms with E-state index in [0.29, 0.717) is 17.0 Å². The number of ether oxygens (including phenoxy) is 1. The molecular formula is C24H17F3N6O. The molecule has 0 aliphatic heterocycles. The van der Waals surface area contributed by atoms with Gasteiger partial charge in [-0.3, -0.25) is 9.97 Å². The number of hydrogen-bond donors (Lipinski definition) is 1. The molecule has 0 amide bonds. The molecule has 5 aromatic rings. The number of anilines is 2. The van der Waals surface area contributed by atoms with Crippen LogP contribution in [0.25, 0.3) is 33.2 Å². The Morgan fingerprint density at radius 3 is 2.65 bits per heavy atom. The van der Waals surface area contributed by atoms with Gasteiger partial charge >= 0.3 is 6.18 Å². The third-order valence-corrected chi connectivity index (χ3v) is 5.14. The predicted octanol–water partition coefficient (Wildman–Crippen LogP) is 5.54. The second-order valence-corrected chi connectivity index (χ2v) is 7.45. The van der Waals surface area contributed by atoms with Gasteiger partial charge in [0.25, 0.3) is 0 Å². The van der Waals surface area contributed by atoms with Gasteiger partial charge in [-0.15, -0.1) is 0 Å². The van der Waals surface area contributed by atoms with Gasteiger partial charge in [-0.25, -0.2) is 15.0 Å². The molecule has 1 aromatic carbocycles. The van der Waals surface area contributed by atoms with Crippen LogP contribution in [0.4, 0.5) is 24.7 Å². The van der Waals surface area contributed by atoms with Gasteiger partial charge in [-0.05, 0) is 47.9 Å². The quantitative estimate of drug-likeness (QED) is 0.367. The van der Waals surface area contributed by atoms with Crippen LogP contribution in [0.1, 0.15) is 11.4 Å². The maximum Gasteiger partial charge on any atom is 0.418 e. The number of methoxy groups -OCH3 is 1. The second-order valence-electron chi connectivity index (χ2n) is 7.45. The van der Waals surface area contributed by atoms with Crippen molar-refractivity contribution in [1.82, 2.24) is 24.9 Å². The van der Waals surface area contributed by atoms with Crippen molar-refractivity contribution < 1.29 is 17.9 Å². The number of hydrogen-bond acceptors (Lipinski definition) is 7. The maximum atomic E-state index is 13.5. The maximum absolute atomic E-state index is 13.5. The molecule has 7 nitrogen and oxygen atoms in total. The van der Waals surface area contributed by atoms with E-state index in [1.54, 1.807) is 18.5 Å². The molecule has 0 aliphatic carbocycles. The topological polar surface area (TPSA) is 85.7 Å². The highest BCUT2D eigenvalue weighted by Crippen LogP contribution is 2.36. The van der Waals surface area contributed by atoms with Crippen LogP contribution >= 0.6 is 0 Å². The lowest BCUT2D eigenvalue weighted by atomic mass is 10.1. The monoisotopic (exact) mass is 462 g/mol. The van der Waals surface area contributed by atoms with Gasteiger partial charge in [0, 0.05) is 36.8 Å². The number of alkyl halides is 3. The smallest absolute Gasteiger partial charge is 0.377 e. The summed E-state index contributed by atoms with van der Waals surface area (Å²) in [7, 11) is 1.50. The molecule has 0 atom stereocenters. The van der Waals surface area contributed by atoms with Crippen molar-refractivity contribution in [1.29, 1.82) is 0 Å². The highest BCUT2D eigenvalue weighted by Gasteiger charge is 2.34. The third kappa shape index (κ3) is 4.23. The molecule has 4 aromatic heterocycles. The average molecular weight is 462 g/mol. The van der Waals surface area contributed by atoms with E-state index in [-0.39, 0.29) is 23.6 Å². The zero-order valence-electron chi connectivity index (χ0n) is 17.8. The summed E-state index contributed by atoms with van der Waals surface area (Å²) >= 11 is 0. The summed E-state index contributed by atoms with van der Waals surface area (Å²) in [4.78, 5) is 21.4. The van der Waals surface area contributed by atoms with E-state index in [4.69, 9.17) is 4.74 Å². The molecule has 0 radical (unpaired) electrons. The number of rotatable bonds is 5. The van der Waals surface area contributed by atoms with Crippen molar-refractivity contribution in [3.05, 3.63) is 78.5 Å². The summed E-state index contributed by atoms with van der Waals surface area (Å²) in [6.07, 6.45) is 0.215. The lowest BCUT2D eigenvalue weighted by molar-refractivity contribution is -0.137. The first-order valence-corrected chi connectivity index (χ1v) is 10.2. The zero-order chi connectivity index (χ0) is 23.7. The molecule has 170 valence electrons. The fourth-order valence-corrected chi connectivity index (χ4v) is 3.61. The van der Waals surface area contributed by atoms with Crippen LogP contribution in [0.2, 0.25) is 0 Å². The molecule has 0 saturated heterocycles. The van der Waals surface area contributed by atoms with Crippen LogP contribution in [-0.4, -0.2) is 32.0 Å². The molecule has 0 aliphatic rings. The highest BCUT2D eigenvalue weighted by atomic mass is 19.4. The van der Waals surface area contributed by atoms with Crippen LogP contribution in [-0.2, 0) is 17.5 Å². The minimum Gasteiger partial charge on any atom is -0.377 e. The first kappa shape index (κ1) is 21.7. The Bertz CT molecular complexity index is 1510. The molecule has 1 N–H and O–H groups in total. The Hall–Kier alpha value is -4.18. The largest absolute Gasteiger partial charge is 0.418 e. The van der Waals surface area contributed by atoms with E-state index in [9.17, 15) is 13.2 Å². The lowest BCUT2D eigenvalue weighted by Crippen LogP contribution is -2.09. The molecule has 0 bridgehead atoms. The van der Waals surface area contributed by atoms with Crippen LogP contribution in [0.5, 0.6) is 0 Å². The molecule has 0 unspecified atom stereocenters. The van der Waals surface area contributed by atoms with E-state index < -0.39 is 11.7 Å². The summed E-state index contributed by atoms with van der Waals surface area (Å²) < 4.78 is 45.7. The number of nitrogens with zero attached hydrogens (tertiary/aromatic N) is 5. The fourth-order valence-electron chi connectivity index (χ4n) is 3.61. The summed E-state index contributed by atoms with van der Waals surface area (Å²) in [5, 5.41) is 5.78. The molecule has 34 heavy (non-hydrogen) atoms. The van der Waals surface area contributed by atoms with Crippen molar-refractivity contribution in [2.24, 2.45) is 0 Å². The average Bonchev–Trinajstić information content (AvgIpc) is 2.83. The molecular weight excluding hydrogens is 445 g/mol. The van der Waals surface area contributed by atoms with Crippen molar-refractivity contribution in [3.63, 3.8) is 0 Å². The Morgan fingerprint density at radius 2 is 1.82 bits per heavy atom. The predicted molar refractivity (Wildman–Crippen MR) is 121 cm³/mol. The Morgan fingerprint density at radius 1 is 0.941 bits per heavy atom. The number of halogens is 3. The first-order chi connectivity index (χ1) is 16.4. The Balaban J connectivity index is 1.62. The van der Waals surface area contributed by atoms with E-state index in [1.165, 1.54) is 25.4 Å². The fraction of sp³-hybridized carbons (Fsp3) is 0.125. The van der Waals surface area contributed by atoms with Crippen molar-refractivity contribution in [3.8, 4) is 11.4 Å². The minimum absolute atomic E-state index is 0.0604. The Kier molecular flexibility index (Phi) is 5.50. The number of fused-ring (bicyclic) bond motifs is 2. The van der Waals surface area contributed by atoms with Gasteiger partial charge in [-0.1, -0.05) is 6.07 Å². The molecule has 0 fully saturated rings. The van der Waals surface area contributed by atoms with Crippen LogP contribution < -0.4 is 5.32 Å². The van der Waals surface area contributed by atoms with Gasteiger partial charge < -0.3 is 10.1 Å². The van der Waals surface area contributed by atoms with E-state index in [0.717, 1.165) is 22.5 Å². The number of nitrogens with one attached hydrogen (secondary N) is 1. The third-order valence-electron chi connectivity index (χ3n) is 5.14. The summed E-state index contributed by atoms with van der Waals surface area (Å²) in [5.74, 6) is 0.790. The van der Waals surface area contributed by atoms with Crippen LogP contribution in [0, 0.1) is 0 Å². The molecule has 0 spiro atoms. The standard InChI is InChI=1S/C24H17F3N6O/c1-34-13-20-32-22(30-16-5-4-14-8-10-28-12-15(14)11-16)17-6-7-19(31-23(17)33-20)21-18(24(25,26)27)3-2-9-29-21/h2-12H,13H2,1H3,(H,30,31,32,33). The van der Waals surface area contributed by atoms with Gasteiger partial charge in [0.1, 0.15) is 18.1 Å². The summed E-state index contributed by atoms with van der Waals surface area (Å²) in [6, 6.07) is 13.0. The SMILES string of the molecule is COCc1nc(Nc2ccc3ccncc3c2)c2ccc(-c3ncccc3C(F)(F)F)nc2n1. The van der Waals surface area contributed by atoms with Crippen molar-refractivity contribution in [2.45, 2.75) is 12.8 Å². The van der Waals surface area contributed by atoms with Crippen molar-refractivity contribution >= 4 is 33.3 Å². The van der Waals surface area contributed by atoms with Gasteiger partial charge in [0.2, 0.25) is 0 Å². The van der Waals surface area contributed by atoms with E-state index in [2.05, 4.69) is 30.2 Å².